The molecule has 9 nitrogen and oxygen atoms in total. The molecule has 0 aromatic heterocycles. The number of carboxylic acid groups (broad SMARTS) is 1. The van der Waals surface area contributed by atoms with Gasteiger partial charge >= 0.3 is 5.97 Å². The molecule has 0 heterocycles. The molecule has 3 rings (SSSR count). The average Bonchev–Trinajstić information content (AvgIpc) is 2.97. The van der Waals surface area contributed by atoms with Gasteiger partial charge in [-0.25, -0.2) is 8.78 Å². The first-order chi connectivity index (χ1) is 21.4. The second-order valence-electron chi connectivity index (χ2n) is 11.5. The molecule has 0 saturated heterocycles. The molecule has 0 aliphatic heterocycles. The van der Waals surface area contributed by atoms with E-state index in [1.165, 1.54) is 57.2 Å². The average molecular weight is 650 g/mol. The lowest BCUT2D eigenvalue weighted by molar-refractivity contribution is -0.149. The van der Waals surface area contributed by atoms with E-state index in [-0.39, 0.29) is 50.7 Å². The summed E-state index contributed by atoms with van der Waals surface area (Å²) < 4.78 is 34.7. The molecule has 2 amide bonds. The Kier molecular flexibility index (Phi) is 10.9. The third-order valence-corrected chi connectivity index (χ3v) is 6.87. The Morgan fingerprint density at radius 2 is 1.70 bits per heavy atom. The van der Waals surface area contributed by atoms with E-state index in [1.54, 1.807) is 19.9 Å². The molecule has 0 aliphatic carbocycles. The summed E-state index contributed by atoms with van der Waals surface area (Å²) in [6.45, 7) is 6.89. The van der Waals surface area contributed by atoms with E-state index in [0.717, 1.165) is 12.1 Å². The number of rotatable bonds is 10. The Hall–Kier alpha value is -5.26. The Bertz CT molecular complexity index is 1840. The van der Waals surface area contributed by atoms with E-state index in [0.29, 0.717) is 0 Å². The molecule has 0 saturated carbocycles. The molecule has 0 unspecified atom stereocenters. The topological polar surface area (TPSA) is 146 Å². The van der Waals surface area contributed by atoms with Crippen molar-refractivity contribution in [1.29, 1.82) is 5.26 Å². The number of hydrogen-bond acceptors (Lipinski definition) is 6. The lowest BCUT2D eigenvalue weighted by atomic mass is 9.89. The van der Waals surface area contributed by atoms with Gasteiger partial charge < -0.3 is 20.5 Å². The number of carbonyl (C=O) groups excluding carboxylic acids is 3. The predicted molar refractivity (Wildman–Crippen MR) is 166 cm³/mol. The zero-order valence-corrected chi connectivity index (χ0v) is 26.4. The van der Waals surface area contributed by atoms with Crippen LogP contribution in [0.1, 0.15) is 66.7 Å². The van der Waals surface area contributed by atoms with Crippen LogP contribution in [-0.4, -0.2) is 40.8 Å². The SMILES string of the molecule is Cc1c(NC(=O)COc2ccc(Cl)cc2C(=O)c2cc(F)cc(C#N)c2)ccc(C#CC(C)(C)NC(=O)CC(C)(C)C(=O)O)c1F. The van der Waals surface area contributed by atoms with Crippen LogP contribution in [0.4, 0.5) is 14.5 Å². The molecule has 12 heteroatoms. The highest BCUT2D eigenvalue weighted by molar-refractivity contribution is 6.31. The third kappa shape index (κ3) is 9.13. The lowest BCUT2D eigenvalue weighted by Gasteiger charge is -2.24. The molecule has 3 aromatic carbocycles. The van der Waals surface area contributed by atoms with Gasteiger partial charge in [-0.1, -0.05) is 23.4 Å². The fourth-order valence-corrected chi connectivity index (χ4v) is 4.29. The van der Waals surface area contributed by atoms with Gasteiger partial charge in [0.25, 0.3) is 5.91 Å². The van der Waals surface area contributed by atoms with Crippen LogP contribution in [0.2, 0.25) is 5.02 Å². The normalized spacial score (nSPS) is 11.0. The maximum absolute atomic E-state index is 15.2. The summed E-state index contributed by atoms with van der Waals surface area (Å²) in [6.07, 6.45) is -0.273. The quantitative estimate of drug-likeness (QED) is 0.186. The summed E-state index contributed by atoms with van der Waals surface area (Å²) in [7, 11) is 0. The highest BCUT2D eigenvalue weighted by Gasteiger charge is 2.31. The number of aliphatic carboxylic acids is 1. The molecule has 3 aromatic rings. The van der Waals surface area contributed by atoms with Gasteiger partial charge in [-0.15, -0.1) is 0 Å². The summed E-state index contributed by atoms with van der Waals surface area (Å²) in [6, 6.07) is 11.8. The van der Waals surface area contributed by atoms with Crippen molar-refractivity contribution in [3.05, 3.63) is 93.0 Å². The van der Waals surface area contributed by atoms with Crippen LogP contribution in [0.3, 0.4) is 0 Å². The van der Waals surface area contributed by atoms with Crippen LogP contribution in [-0.2, 0) is 14.4 Å². The Balaban J connectivity index is 1.71. The number of amides is 2. The van der Waals surface area contributed by atoms with Gasteiger partial charge in [0, 0.05) is 28.3 Å². The van der Waals surface area contributed by atoms with Crippen molar-refractivity contribution in [2.75, 3.05) is 11.9 Å². The van der Waals surface area contributed by atoms with Crippen LogP contribution in [0.5, 0.6) is 5.75 Å². The van der Waals surface area contributed by atoms with Gasteiger partial charge in [-0.2, -0.15) is 5.26 Å². The van der Waals surface area contributed by atoms with Gasteiger partial charge in [-0.3, -0.25) is 19.2 Å². The summed E-state index contributed by atoms with van der Waals surface area (Å²) in [5.41, 5.74) is -2.41. The van der Waals surface area contributed by atoms with E-state index in [4.69, 9.17) is 21.6 Å². The predicted octanol–water partition coefficient (Wildman–Crippen LogP) is 5.79. The van der Waals surface area contributed by atoms with Gasteiger partial charge in [-0.05, 0) is 83.1 Å². The monoisotopic (exact) mass is 649 g/mol. The first-order valence-corrected chi connectivity index (χ1v) is 14.1. The molecule has 0 radical (unpaired) electrons. The van der Waals surface area contributed by atoms with Crippen molar-refractivity contribution >= 4 is 40.9 Å². The Morgan fingerprint density at radius 1 is 1.00 bits per heavy atom. The van der Waals surface area contributed by atoms with Crippen LogP contribution in [0.25, 0.3) is 0 Å². The van der Waals surface area contributed by atoms with E-state index in [9.17, 15) is 28.7 Å². The summed E-state index contributed by atoms with van der Waals surface area (Å²) in [4.78, 5) is 49.5. The maximum atomic E-state index is 15.2. The minimum atomic E-state index is -1.28. The van der Waals surface area contributed by atoms with Crippen LogP contribution < -0.4 is 15.4 Å². The van der Waals surface area contributed by atoms with Gasteiger partial charge in [0.15, 0.2) is 12.4 Å². The van der Waals surface area contributed by atoms with Crippen molar-refractivity contribution in [2.24, 2.45) is 5.41 Å². The first-order valence-electron chi connectivity index (χ1n) is 13.8. The number of carboxylic acids is 1. The van der Waals surface area contributed by atoms with Crippen molar-refractivity contribution in [3.63, 3.8) is 0 Å². The van der Waals surface area contributed by atoms with E-state index >= 15 is 4.39 Å². The number of nitriles is 1. The van der Waals surface area contributed by atoms with E-state index < -0.39 is 52.8 Å². The largest absolute Gasteiger partial charge is 0.483 e. The second kappa shape index (κ2) is 14.2. The summed E-state index contributed by atoms with van der Waals surface area (Å²) in [5, 5.41) is 23.7. The Morgan fingerprint density at radius 3 is 2.35 bits per heavy atom. The molecule has 238 valence electrons. The number of halogens is 3. The fraction of sp³-hybridized carbons (Fsp3) is 0.265. The highest BCUT2D eigenvalue weighted by atomic mass is 35.5. The molecule has 46 heavy (non-hydrogen) atoms. The number of nitrogens with zero attached hydrogens (tertiary/aromatic N) is 1. The second-order valence-corrected chi connectivity index (χ2v) is 12.0. The van der Waals surface area contributed by atoms with Crippen molar-refractivity contribution < 1.29 is 37.8 Å². The number of ether oxygens (including phenoxy) is 1. The first kappa shape index (κ1) is 35.2. The maximum Gasteiger partial charge on any atom is 0.309 e. The van der Waals surface area contributed by atoms with Crippen LogP contribution in [0.15, 0.2) is 48.5 Å². The van der Waals surface area contributed by atoms with Gasteiger partial charge in [0.2, 0.25) is 5.91 Å². The zero-order valence-electron chi connectivity index (χ0n) is 25.6. The smallest absolute Gasteiger partial charge is 0.309 e. The van der Waals surface area contributed by atoms with E-state index in [1.807, 2.05) is 0 Å². The standard InChI is InChI=1S/C34H30ClF2N3O6/c1-19-26(8-6-21(30(19)37)10-11-34(4,5)40-28(41)16-33(2,3)32(44)45)39-29(42)18-46-27-9-7-23(35)15-25(27)31(43)22-12-20(17-38)13-24(36)14-22/h6-9,12-15H,16,18H2,1-5H3,(H,39,42)(H,40,41)(H,44,45). The number of anilines is 1. The molecule has 0 spiro atoms. The van der Waals surface area contributed by atoms with E-state index in [2.05, 4.69) is 22.5 Å². The van der Waals surface area contributed by atoms with Crippen molar-refractivity contribution in [2.45, 2.75) is 46.6 Å². The molecule has 0 bridgehead atoms. The molecule has 0 atom stereocenters. The van der Waals surface area contributed by atoms with Crippen molar-refractivity contribution in [1.82, 2.24) is 5.32 Å². The minimum absolute atomic E-state index is 0.00108. The summed E-state index contributed by atoms with van der Waals surface area (Å²) in [5.74, 6) is 0.929. The number of ketones is 1. The lowest BCUT2D eigenvalue weighted by Crippen LogP contribution is -2.44. The van der Waals surface area contributed by atoms with Crippen molar-refractivity contribution in [3.8, 4) is 23.7 Å². The highest BCUT2D eigenvalue weighted by Crippen LogP contribution is 2.27. The zero-order chi connectivity index (χ0) is 34.4. The molecule has 0 aliphatic rings. The molecule has 0 fully saturated rings. The number of nitrogens with one attached hydrogen (secondary N) is 2. The number of hydrogen-bond donors (Lipinski definition) is 3. The Labute approximate surface area is 269 Å². The minimum Gasteiger partial charge on any atom is -0.483 e. The van der Waals surface area contributed by atoms with Crippen LogP contribution >= 0.6 is 11.6 Å². The summed E-state index contributed by atoms with van der Waals surface area (Å²) >= 11 is 6.06. The number of benzene rings is 3. The third-order valence-electron chi connectivity index (χ3n) is 6.64. The van der Waals surface area contributed by atoms with Crippen LogP contribution in [0, 0.1) is 47.1 Å². The molecular weight excluding hydrogens is 620 g/mol. The molecule has 3 N–H and O–H groups in total. The van der Waals surface area contributed by atoms with Gasteiger partial charge in [0.1, 0.15) is 17.4 Å². The van der Waals surface area contributed by atoms with Gasteiger partial charge in [0.05, 0.1) is 33.7 Å². The fourth-order valence-electron chi connectivity index (χ4n) is 4.12. The number of carbonyl (C=O) groups is 4. The molecular formula is C34H30ClF2N3O6.